The van der Waals surface area contributed by atoms with Gasteiger partial charge in [-0.2, -0.15) is 0 Å². The molecule has 2 aromatic carbocycles. The fraction of sp³-hybridized carbons (Fsp3) is 0.136. The van der Waals surface area contributed by atoms with Gasteiger partial charge in [-0.1, -0.05) is 47.7 Å². The van der Waals surface area contributed by atoms with Crippen LogP contribution in [0.3, 0.4) is 0 Å². The molecule has 0 saturated carbocycles. The van der Waals surface area contributed by atoms with Crippen LogP contribution in [0.25, 0.3) is 10.4 Å². The fourth-order valence-electron chi connectivity index (χ4n) is 3.25. The lowest BCUT2D eigenvalue weighted by Gasteiger charge is -2.15. The molecule has 0 aliphatic rings. The second kappa shape index (κ2) is 9.53. The third kappa shape index (κ3) is 5.28. The number of carboxylic acids is 1. The number of phenols is 1. The molecule has 2 heterocycles. The van der Waals surface area contributed by atoms with Gasteiger partial charge in [0.15, 0.2) is 6.04 Å². The molecule has 33 heavy (non-hydrogen) atoms. The summed E-state index contributed by atoms with van der Waals surface area (Å²) in [5, 5.41) is 26.8. The average molecular weight is 485 g/mol. The molecule has 0 radical (unpaired) electrons. The predicted octanol–water partition coefficient (Wildman–Crippen LogP) is 3.06. The van der Waals surface area contributed by atoms with Gasteiger partial charge in [-0.05, 0) is 35.4 Å². The molecule has 170 valence electrons. The first kappa shape index (κ1) is 22.6. The maximum Gasteiger partial charge on any atom is 0.328 e. The van der Waals surface area contributed by atoms with Crippen LogP contribution in [-0.4, -0.2) is 39.6 Å². The molecule has 0 amide bonds. The Morgan fingerprint density at radius 2 is 1.79 bits per heavy atom. The molecule has 1 unspecified atom stereocenters. The molecule has 3 N–H and O–H groups in total. The van der Waals surface area contributed by atoms with Crippen molar-refractivity contribution in [2.75, 3.05) is 0 Å². The van der Waals surface area contributed by atoms with Crippen LogP contribution in [-0.2, 0) is 27.8 Å². The molecule has 0 spiro atoms. The number of nitrogens with one attached hydrogen (secondary N) is 1. The summed E-state index contributed by atoms with van der Waals surface area (Å²) in [5.74, 6) is -1.06. The highest BCUT2D eigenvalue weighted by molar-refractivity contribution is 7.91. The van der Waals surface area contributed by atoms with E-state index in [2.05, 4.69) is 15.0 Å². The van der Waals surface area contributed by atoms with E-state index in [1.165, 1.54) is 29.1 Å². The SMILES string of the molecule is O=C(O)C(Cc1ccc(O)cc1)n1nncc1CNS(=O)(=O)c1ccc(-c2ccccc2)s1. The zero-order valence-electron chi connectivity index (χ0n) is 17.2. The van der Waals surface area contributed by atoms with E-state index in [1.807, 2.05) is 30.3 Å². The van der Waals surface area contributed by atoms with Crippen LogP contribution in [0.2, 0.25) is 0 Å². The average Bonchev–Trinajstić information content (AvgIpc) is 3.48. The van der Waals surface area contributed by atoms with Crippen molar-refractivity contribution >= 4 is 27.3 Å². The number of hydrogen-bond acceptors (Lipinski definition) is 7. The number of aromatic hydroxyl groups is 1. The first-order valence-electron chi connectivity index (χ1n) is 9.88. The van der Waals surface area contributed by atoms with Gasteiger partial charge in [0.1, 0.15) is 9.96 Å². The third-order valence-corrected chi connectivity index (χ3v) is 7.97. The number of rotatable bonds is 9. The van der Waals surface area contributed by atoms with E-state index in [9.17, 15) is 23.4 Å². The highest BCUT2D eigenvalue weighted by atomic mass is 32.2. The highest BCUT2D eigenvalue weighted by Gasteiger charge is 2.25. The first-order chi connectivity index (χ1) is 15.8. The quantitative estimate of drug-likeness (QED) is 0.332. The number of benzene rings is 2. The van der Waals surface area contributed by atoms with Crippen molar-refractivity contribution in [2.45, 2.75) is 23.2 Å². The molecule has 0 bridgehead atoms. The van der Waals surface area contributed by atoms with E-state index in [0.29, 0.717) is 11.3 Å². The summed E-state index contributed by atoms with van der Waals surface area (Å²) in [6, 6.07) is 17.8. The van der Waals surface area contributed by atoms with Crippen molar-refractivity contribution in [3.05, 3.63) is 84.2 Å². The zero-order chi connectivity index (χ0) is 23.4. The van der Waals surface area contributed by atoms with Crippen LogP contribution in [0.1, 0.15) is 17.3 Å². The molecule has 4 rings (SSSR count). The summed E-state index contributed by atoms with van der Waals surface area (Å²) in [6.07, 6.45) is 1.42. The van der Waals surface area contributed by atoms with Crippen LogP contribution in [0.5, 0.6) is 5.75 Å². The minimum absolute atomic E-state index is 0.0745. The Morgan fingerprint density at radius 1 is 1.06 bits per heavy atom. The Hall–Kier alpha value is -3.54. The number of thiophene rings is 1. The normalized spacial score (nSPS) is 12.5. The van der Waals surface area contributed by atoms with E-state index in [-0.39, 0.29) is 22.9 Å². The maximum absolute atomic E-state index is 12.8. The van der Waals surface area contributed by atoms with E-state index in [1.54, 1.807) is 18.2 Å². The monoisotopic (exact) mass is 484 g/mol. The number of carbonyl (C=O) groups is 1. The van der Waals surface area contributed by atoms with E-state index >= 15 is 0 Å². The first-order valence-corrected chi connectivity index (χ1v) is 12.2. The molecule has 0 saturated heterocycles. The van der Waals surface area contributed by atoms with Crippen molar-refractivity contribution in [3.63, 3.8) is 0 Å². The number of sulfonamides is 1. The molecule has 0 aliphatic heterocycles. The lowest BCUT2D eigenvalue weighted by atomic mass is 10.1. The number of aliphatic carboxylic acids is 1. The van der Waals surface area contributed by atoms with Gasteiger partial charge in [0, 0.05) is 11.3 Å². The van der Waals surface area contributed by atoms with Gasteiger partial charge in [0.2, 0.25) is 10.0 Å². The van der Waals surface area contributed by atoms with Crippen LogP contribution >= 0.6 is 11.3 Å². The topological polar surface area (TPSA) is 134 Å². The molecule has 4 aromatic rings. The van der Waals surface area contributed by atoms with Gasteiger partial charge in [-0.3, -0.25) is 0 Å². The largest absolute Gasteiger partial charge is 0.508 e. The van der Waals surface area contributed by atoms with Crippen molar-refractivity contribution in [2.24, 2.45) is 0 Å². The predicted molar refractivity (Wildman–Crippen MR) is 122 cm³/mol. The van der Waals surface area contributed by atoms with Crippen LogP contribution < -0.4 is 4.72 Å². The Labute approximate surface area is 194 Å². The molecule has 1 atom stereocenters. The number of nitrogens with zero attached hydrogens (tertiary/aromatic N) is 3. The van der Waals surface area contributed by atoms with Gasteiger partial charge in [0.25, 0.3) is 0 Å². The number of phenolic OH excluding ortho intramolecular Hbond substituents is 1. The maximum atomic E-state index is 12.8. The standard InChI is InChI=1S/C22H20N4O5S2/c27-18-8-6-15(7-9-18)12-19(22(28)29)26-17(13-23-25-26)14-24-33(30,31)21-11-10-20(32-21)16-4-2-1-3-5-16/h1-11,13,19,24,27H,12,14H2,(H,28,29). The van der Waals surface area contributed by atoms with Crippen LogP contribution in [0.15, 0.2) is 77.1 Å². The summed E-state index contributed by atoms with van der Waals surface area (Å²) >= 11 is 1.15. The summed E-state index contributed by atoms with van der Waals surface area (Å²) in [5.41, 5.74) is 1.91. The van der Waals surface area contributed by atoms with Crippen LogP contribution in [0, 0.1) is 0 Å². The summed E-state index contributed by atoms with van der Waals surface area (Å²) in [7, 11) is -3.83. The Balaban J connectivity index is 1.50. The van der Waals surface area contributed by atoms with Crippen molar-refractivity contribution in [1.82, 2.24) is 19.7 Å². The lowest BCUT2D eigenvalue weighted by Crippen LogP contribution is -2.28. The summed E-state index contributed by atoms with van der Waals surface area (Å²) in [6.45, 7) is -0.173. The Kier molecular flexibility index (Phi) is 6.54. The summed E-state index contributed by atoms with van der Waals surface area (Å²) < 4.78 is 29.5. The number of carboxylic acid groups (broad SMARTS) is 1. The van der Waals surface area contributed by atoms with E-state index in [4.69, 9.17) is 0 Å². The zero-order valence-corrected chi connectivity index (χ0v) is 18.8. The van der Waals surface area contributed by atoms with Crippen molar-refractivity contribution in [3.8, 4) is 16.2 Å². The number of aromatic nitrogens is 3. The highest BCUT2D eigenvalue weighted by Crippen LogP contribution is 2.30. The molecule has 9 nitrogen and oxygen atoms in total. The van der Waals surface area contributed by atoms with Gasteiger partial charge in [-0.25, -0.2) is 22.6 Å². The summed E-state index contributed by atoms with van der Waals surface area (Å²) in [4.78, 5) is 12.7. The third-order valence-electron chi connectivity index (χ3n) is 4.94. The van der Waals surface area contributed by atoms with Gasteiger partial charge >= 0.3 is 5.97 Å². The number of hydrogen-bond donors (Lipinski definition) is 3. The van der Waals surface area contributed by atoms with Crippen molar-refractivity contribution in [1.29, 1.82) is 0 Å². The molecular weight excluding hydrogens is 464 g/mol. The second-order valence-corrected chi connectivity index (χ2v) is 10.3. The lowest BCUT2D eigenvalue weighted by molar-refractivity contribution is -0.141. The van der Waals surface area contributed by atoms with Gasteiger partial charge in [0.05, 0.1) is 18.4 Å². The molecule has 0 aliphatic carbocycles. The van der Waals surface area contributed by atoms with Gasteiger partial charge in [-0.15, -0.1) is 16.4 Å². The fourth-order valence-corrected chi connectivity index (χ4v) is 5.60. The minimum atomic E-state index is -3.83. The minimum Gasteiger partial charge on any atom is -0.508 e. The van der Waals surface area contributed by atoms with Gasteiger partial charge < -0.3 is 10.2 Å². The molecule has 0 fully saturated rings. The Bertz CT molecular complexity index is 1350. The molecular formula is C22H20N4O5S2. The Morgan fingerprint density at radius 3 is 2.48 bits per heavy atom. The van der Waals surface area contributed by atoms with Crippen molar-refractivity contribution < 1.29 is 23.4 Å². The molecule has 11 heteroatoms. The van der Waals surface area contributed by atoms with E-state index in [0.717, 1.165) is 21.8 Å². The smallest absolute Gasteiger partial charge is 0.328 e. The molecule has 2 aromatic heterocycles. The van der Waals surface area contributed by atoms with Crippen LogP contribution in [0.4, 0.5) is 0 Å². The second-order valence-electron chi connectivity index (χ2n) is 7.20. The van der Waals surface area contributed by atoms with E-state index < -0.39 is 22.0 Å².